The first-order valence-corrected chi connectivity index (χ1v) is 15.6. The fourth-order valence-corrected chi connectivity index (χ4v) is 6.30. The van der Waals surface area contributed by atoms with Gasteiger partial charge in [0.1, 0.15) is 29.6 Å². The van der Waals surface area contributed by atoms with E-state index < -0.39 is 29.5 Å². The summed E-state index contributed by atoms with van der Waals surface area (Å²) in [7, 11) is 4.32. The number of aryl methyl sites for hydroxylation is 2. The molecular formula is C36H34N2O9S. The van der Waals surface area contributed by atoms with Crippen LogP contribution in [-0.2, 0) is 20.9 Å². The van der Waals surface area contributed by atoms with Crippen molar-refractivity contribution in [3.05, 3.63) is 112 Å². The van der Waals surface area contributed by atoms with E-state index >= 15 is 0 Å². The van der Waals surface area contributed by atoms with Crippen LogP contribution in [0.3, 0.4) is 0 Å². The molecule has 248 valence electrons. The van der Waals surface area contributed by atoms with E-state index in [-0.39, 0.29) is 39.3 Å². The number of carbonyl (C=O) groups excluding carboxylic acids is 3. The number of nitrogens with zero attached hydrogens (tertiary/aromatic N) is 2. The van der Waals surface area contributed by atoms with Crippen molar-refractivity contribution in [3.8, 4) is 23.0 Å². The minimum Gasteiger partial charge on any atom is -0.507 e. The van der Waals surface area contributed by atoms with E-state index in [9.17, 15) is 19.5 Å². The maximum atomic E-state index is 13.8. The van der Waals surface area contributed by atoms with Gasteiger partial charge in [0.2, 0.25) is 5.75 Å². The number of aliphatic hydroxyl groups is 1. The van der Waals surface area contributed by atoms with Gasteiger partial charge in [0, 0.05) is 5.56 Å². The summed E-state index contributed by atoms with van der Waals surface area (Å²) >= 11 is 0.888. The van der Waals surface area contributed by atoms with Gasteiger partial charge in [-0.05, 0) is 61.4 Å². The molecule has 4 aromatic rings. The molecular weight excluding hydrogens is 636 g/mol. The molecule has 0 bridgehead atoms. The summed E-state index contributed by atoms with van der Waals surface area (Å²) in [6, 6.07) is 16.5. The first kappa shape index (κ1) is 33.7. The number of esters is 1. The van der Waals surface area contributed by atoms with Crippen LogP contribution in [0, 0.1) is 13.8 Å². The summed E-state index contributed by atoms with van der Waals surface area (Å²) in [6.45, 7) is 7.48. The van der Waals surface area contributed by atoms with E-state index in [4.69, 9.17) is 23.7 Å². The number of aliphatic hydroxyl groups excluding tert-OH is 1. The van der Waals surface area contributed by atoms with E-state index in [1.165, 1.54) is 27.4 Å². The first-order valence-electron chi connectivity index (χ1n) is 14.8. The summed E-state index contributed by atoms with van der Waals surface area (Å²) in [5.41, 5.74) is 2.85. The van der Waals surface area contributed by atoms with Crippen LogP contribution in [0.1, 0.15) is 43.7 Å². The van der Waals surface area contributed by atoms with Crippen molar-refractivity contribution in [2.75, 3.05) is 32.8 Å². The Morgan fingerprint density at radius 2 is 1.69 bits per heavy atom. The van der Waals surface area contributed by atoms with Crippen molar-refractivity contribution in [1.82, 2.24) is 4.98 Å². The van der Waals surface area contributed by atoms with Crippen LogP contribution in [0.25, 0.3) is 5.76 Å². The molecule has 5 rings (SSSR count). The number of aromatic nitrogens is 1. The molecule has 1 unspecified atom stereocenters. The Kier molecular flexibility index (Phi) is 10.1. The second kappa shape index (κ2) is 14.4. The maximum Gasteiger partial charge on any atom is 0.350 e. The normalized spacial score (nSPS) is 15.3. The third-order valence-corrected chi connectivity index (χ3v) is 8.71. The van der Waals surface area contributed by atoms with Gasteiger partial charge in [-0.25, -0.2) is 9.78 Å². The van der Waals surface area contributed by atoms with E-state index in [2.05, 4.69) is 11.6 Å². The van der Waals surface area contributed by atoms with Crippen LogP contribution in [0.15, 0.2) is 78.9 Å². The fraction of sp³-hybridized carbons (Fsp3) is 0.222. The molecule has 1 saturated heterocycles. The van der Waals surface area contributed by atoms with Crippen molar-refractivity contribution in [2.45, 2.75) is 26.5 Å². The predicted molar refractivity (Wildman–Crippen MR) is 180 cm³/mol. The highest BCUT2D eigenvalue weighted by Crippen LogP contribution is 2.48. The number of thiazole rings is 1. The van der Waals surface area contributed by atoms with Crippen LogP contribution < -0.4 is 23.8 Å². The molecule has 1 N–H and O–H groups in total. The molecule has 0 saturated carbocycles. The number of amides is 1. The van der Waals surface area contributed by atoms with Gasteiger partial charge < -0.3 is 28.8 Å². The van der Waals surface area contributed by atoms with Crippen molar-refractivity contribution < 1.29 is 43.2 Å². The highest BCUT2D eigenvalue weighted by Gasteiger charge is 2.49. The molecule has 1 fully saturated rings. The van der Waals surface area contributed by atoms with Crippen LogP contribution in [-0.4, -0.2) is 55.7 Å². The van der Waals surface area contributed by atoms with Gasteiger partial charge in [0.25, 0.3) is 5.78 Å². The Hall–Kier alpha value is -5.62. The lowest BCUT2D eigenvalue weighted by Crippen LogP contribution is -2.29. The van der Waals surface area contributed by atoms with Gasteiger partial charge in [0.05, 0.1) is 38.6 Å². The Morgan fingerprint density at radius 1 is 1.00 bits per heavy atom. The molecule has 3 aromatic carbocycles. The molecule has 1 aromatic heterocycles. The maximum absolute atomic E-state index is 13.8. The summed E-state index contributed by atoms with van der Waals surface area (Å²) < 4.78 is 27.7. The Labute approximate surface area is 281 Å². The number of hydrogen-bond acceptors (Lipinski definition) is 11. The van der Waals surface area contributed by atoms with E-state index in [1.54, 1.807) is 43.3 Å². The molecule has 48 heavy (non-hydrogen) atoms. The molecule has 0 spiro atoms. The zero-order valence-electron chi connectivity index (χ0n) is 27.1. The number of ketones is 1. The molecule has 0 radical (unpaired) electrons. The number of ether oxygens (including phenoxy) is 5. The summed E-state index contributed by atoms with van der Waals surface area (Å²) in [5, 5.41) is 11.7. The second-order valence-electron chi connectivity index (χ2n) is 10.7. The predicted octanol–water partition coefficient (Wildman–Crippen LogP) is 6.33. The van der Waals surface area contributed by atoms with Crippen LogP contribution in [0.2, 0.25) is 0 Å². The van der Waals surface area contributed by atoms with Crippen molar-refractivity contribution in [2.24, 2.45) is 0 Å². The molecule has 1 aliphatic rings. The average molecular weight is 671 g/mol. The Bertz CT molecular complexity index is 1890. The SMILES string of the molecule is C=CCOC(=O)c1sc(N2C(=O)C(=O)C(=C(O)c3ccc(OCc4cccc(C)c4)cc3)C2c2cc(OC)c(OC)c(OC)c2)nc1C. The summed E-state index contributed by atoms with van der Waals surface area (Å²) in [5.74, 6) is -1.61. The number of Topliss-reactive ketones (excluding diaryl/α,β-unsaturated/α-hetero) is 1. The molecule has 2 heterocycles. The Morgan fingerprint density at radius 3 is 2.29 bits per heavy atom. The van der Waals surface area contributed by atoms with E-state index in [0.717, 1.165) is 27.4 Å². The second-order valence-corrected chi connectivity index (χ2v) is 11.7. The quantitative estimate of drug-likeness (QED) is 0.0599. The molecule has 12 heteroatoms. The zero-order valence-corrected chi connectivity index (χ0v) is 27.9. The minimum absolute atomic E-state index is 0.0167. The number of benzene rings is 3. The highest BCUT2D eigenvalue weighted by molar-refractivity contribution is 7.17. The molecule has 1 atom stereocenters. The van der Waals surface area contributed by atoms with Gasteiger partial charge in [-0.3, -0.25) is 14.5 Å². The molecule has 1 amide bonds. The summed E-state index contributed by atoms with van der Waals surface area (Å²) in [6.07, 6.45) is 1.43. The smallest absolute Gasteiger partial charge is 0.350 e. The largest absolute Gasteiger partial charge is 0.507 e. The van der Waals surface area contributed by atoms with Gasteiger partial charge in [-0.15, -0.1) is 0 Å². The van der Waals surface area contributed by atoms with Crippen LogP contribution in [0.4, 0.5) is 5.13 Å². The van der Waals surface area contributed by atoms with Gasteiger partial charge in [0.15, 0.2) is 16.6 Å². The van der Waals surface area contributed by atoms with Crippen molar-refractivity contribution in [3.63, 3.8) is 0 Å². The monoisotopic (exact) mass is 670 g/mol. The van der Waals surface area contributed by atoms with Gasteiger partial charge >= 0.3 is 11.9 Å². The Balaban J connectivity index is 1.60. The first-order chi connectivity index (χ1) is 23.1. The topological polar surface area (TPSA) is 134 Å². The fourth-order valence-electron chi connectivity index (χ4n) is 5.31. The van der Waals surface area contributed by atoms with Crippen molar-refractivity contribution >= 4 is 39.9 Å². The molecule has 1 aliphatic heterocycles. The highest BCUT2D eigenvalue weighted by atomic mass is 32.1. The number of carbonyl (C=O) groups is 3. The molecule has 0 aliphatic carbocycles. The van der Waals surface area contributed by atoms with Gasteiger partial charge in [-0.1, -0.05) is 53.8 Å². The lowest BCUT2D eigenvalue weighted by atomic mass is 9.94. The number of hydrogen-bond donors (Lipinski definition) is 1. The van der Waals surface area contributed by atoms with Crippen LogP contribution in [0.5, 0.6) is 23.0 Å². The summed E-state index contributed by atoms with van der Waals surface area (Å²) in [4.78, 5) is 46.1. The standard InChI is InChI=1S/C36H34N2O9S/c1-7-15-46-35(42)33-21(3)37-36(48-33)38-29(24-17-26(43-4)32(45-6)27(18-24)44-5)28(31(40)34(38)41)30(39)23-11-13-25(14-12-23)47-19-22-10-8-9-20(2)16-22/h7-14,16-18,29,39H,1,15,19H2,2-6H3. The van der Waals surface area contributed by atoms with Gasteiger partial charge in [-0.2, -0.15) is 0 Å². The lowest BCUT2D eigenvalue weighted by Gasteiger charge is -2.24. The van der Waals surface area contributed by atoms with Crippen LogP contribution >= 0.6 is 11.3 Å². The third kappa shape index (κ3) is 6.60. The van der Waals surface area contributed by atoms with Crippen molar-refractivity contribution in [1.29, 1.82) is 0 Å². The number of anilines is 1. The van der Waals surface area contributed by atoms with E-state index in [0.29, 0.717) is 29.4 Å². The minimum atomic E-state index is -1.20. The molecule has 11 nitrogen and oxygen atoms in total. The third-order valence-electron chi connectivity index (χ3n) is 7.57. The lowest BCUT2D eigenvalue weighted by molar-refractivity contribution is -0.132. The average Bonchev–Trinajstić information content (AvgIpc) is 3.61. The zero-order chi connectivity index (χ0) is 34.5. The number of rotatable bonds is 12. The number of methoxy groups -OCH3 is 3. The van der Waals surface area contributed by atoms with E-state index in [1.807, 2.05) is 31.2 Å².